The quantitative estimate of drug-likeness (QED) is 0.258. The molecule has 0 spiro atoms. The van der Waals surface area contributed by atoms with Crippen molar-refractivity contribution in [1.82, 2.24) is 9.97 Å². The van der Waals surface area contributed by atoms with Crippen molar-refractivity contribution in [2.75, 3.05) is 10.6 Å². The summed E-state index contributed by atoms with van der Waals surface area (Å²) in [6.45, 7) is 5.20. The molecular formula is C28H26FN5O4S. The summed E-state index contributed by atoms with van der Waals surface area (Å²) >= 11 is 0. The molecule has 4 rings (SSSR count). The van der Waals surface area contributed by atoms with Gasteiger partial charge in [-0.25, -0.2) is 28.1 Å². The molecule has 0 bridgehead atoms. The van der Waals surface area contributed by atoms with E-state index in [0.717, 1.165) is 0 Å². The molecule has 0 saturated heterocycles. The molecular weight excluding hydrogens is 521 g/mol. The molecule has 0 fully saturated rings. The van der Waals surface area contributed by atoms with E-state index in [1.807, 2.05) is 0 Å². The third-order valence-electron chi connectivity index (χ3n) is 5.40. The van der Waals surface area contributed by atoms with Crippen LogP contribution >= 0.6 is 0 Å². The Balaban J connectivity index is 1.62. The number of nitrogens with zero attached hydrogens (tertiary/aromatic N) is 2. The van der Waals surface area contributed by atoms with Crippen LogP contribution in [0.25, 0.3) is 11.1 Å². The molecule has 39 heavy (non-hydrogen) atoms. The number of hydrogen-bond acceptors (Lipinski definition) is 7. The first-order chi connectivity index (χ1) is 18.4. The first-order valence-corrected chi connectivity index (χ1v) is 13.3. The second-order valence-corrected chi connectivity index (χ2v) is 11.6. The Bertz CT molecular complexity index is 1600. The molecule has 2 amide bonds. The van der Waals surface area contributed by atoms with Gasteiger partial charge in [-0.15, -0.1) is 0 Å². The van der Waals surface area contributed by atoms with Crippen molar-refractivity contribution >= 4 is 33.1 Å². The predicted octanol–water partition coefficient (Wildman–Crippen LogP) is 6.35. The van der Waals surface area contributed by atoms with E-state index in [1.54, 1.807) is 51.1 Å². The molecule has 0 aliphatic rings. The largest absolute Gasteiger partial charge is 0.444 e. The molecule has 0 saturated carbocycles. The SMILES string of the molecule is CC(C)(C)OC(=O)Nc1ccc(-c2ccc(F)cc2)cc1NC(=O)c1ccc(S(=N)(=O)c2cncnc2)cc1. The van der Waals surface area contributed by atoms with Crippen molar-refractivity contribution in [3.63, 3.8) is 0 Å². The van der Waals surface area contributed by atoms with Gasteiger partial charge in [0, 0.05) is 18.0 Å². The summed E-state index contributed by atoms with van der Waals surface area (Å²) in [4.78, 5) is 33.6. The van der Waals surface area contributed by atoms with E-state index in [1.165, 1.54) is 55.1 Å². The maximum absolute atomic E-state index is 13.4. The third-order valence-corrected chi connectivity index (χ3v) is 7.21. The zero-order valence-corrected chi connectivity index (χ0v) is 22.2. The molecule has 0 radical (unpaired) electrons. The van der Waals surface area contributed by atoms with Crippen LogP contribution < -0.4 is 10.6 Å². The van der Waals surface area contributed by atoms with Crippen molar-refractivity contribution in [3.8, 4) is 11.1 Å². The number of aromatic nitrogens is 2. The summed E-state index contributed by atoms with van der Waals surface area (Å²) in [5.74, 6) is -0.889. The minimum atomic E-state index is -3.36. The molecule has 1 heterocycles. The lowest BCUT2D eigenvalue weighted by atomic mass is 10.0. The number of ether oxygens (including phenoxy) is 1. The van der Waals surface area contributed by atoms with Crippen LogP contribution in [0.5, 0.6) is 0 Å². The lowest BCUT2D eigenvalue weighted by Crippen LogP contribution is -2.27. The minimum absolute atomic E-state index is 0.151. The molecule has 200 valence electrons. The fourth-order valence-corrected chi connectivity index (χ4v) is 4.76. The number of hydrogen-bond donors (Lipinski definition) is 3. The summed E-state index contributed by atoms with van der Waals surface area (Å²) in [7, 11) is -3.36. The third kappa shape index (κ3) is 6.82. The number of amides is 2. The van der Waals surface area contributed by atoms with Gasteiger partial charge in [0.05, 0.1) is 21.2 Å². The van der Waals surface area contributed by atoms with Gasteiger partial charge in [0.2, 0.25) is 0 Å². The minimum Gasteiger partial charge on any atom is -0.444 e. The lowest BCUT2D eigenvalue weighted by Gasteiger charge is -2.21. The monoisotopic (exact) mass is 547 g/mol. The first kappa shape index (κ1) is 27.4. The number of rotatable bonds is 6. The topological polar surface area (TPSA) is 134 Å². The first-order valence-electron chi connectivity index (χ1n) is 11.8. The summed E-state index contributed by atoms with van der Waals surface area (Å²) in [5.41, 5.74) is 1.45. The van der Waals surface area contributed by atoms with Gasteiger partial charge < -0.3 is 10.1 Å². The van der Waals surface area contributed by atoms with Crippen LogP contribution in [0.4, 0.5) is 20.6 Å². The number of carbonyl (C=O) groups excluding carboxylic acids is 2. The highest BCUT2D eigenvalue weighted by molar-refractivity contribution is 7.92. The van der Waals surface area contributed by atoms with E-state index in [9.17, 15) is 18.2 Å². The number of nitrogens with one attached hydrogen (secondary N) is 3. The van der Waals surface area contributed by atoms with Gasteiger partial charge in [0.25, 0.3) is 5.91 Å². The highest BCUT2D eigenvalue weighted by atomic mass is 32.2. The van der Waals surface area contributed by atoms with Gasteiger partial charge in [0.15, 0.2) is 0 Å². The number of anilines is 2. The van der Waals surface area contributed by atoms with Crippen LogP contribution in [-0.2, 0) is 14.5 Å². The Morgan fingerprint density at radius 1 is 0.846 bits per heavy atom. The van der Waals surface area contributed by atoms with Crippen LogP contribution in [0, 0.1) is 10.6 Å². The van der Waals surface area contributed by atoms with Crippen LogP contribution in [0.1, 0.15) is 31.1 Å². The average Bonchev–Trinajstić information content (AvgIpc) is 2.89. The number of carbonyl (C=O) groups is 2. The van der Waals surface area contributed by atoms with E-state index >= 15 is 0 Å². The van der Waals surface area contributed by atoms with Crippen molar-refractivity contribution in [2.24, 2.45) is 0 Å². The smallest absolute Gasteiger partial charge is 0.412 e. The van der Waals surface area contributed by atoms with E-state index in [0.29, 0.717) is 16.8 Å². The van der Waals surface area contributed by atoms with Crippen LogP contribution in [0.15, 0.2) is 95.2 Å². The van der Waals surface area contributed by atoms with Crippen LogP contribution in [-0.4, -0.2) is 31.8 Å². The molecule has 0 aliphatic heterocycles. The van der Waals surface area contributed by atoms with E-state index in [4.69, 9.17) is 9.52 Å². The second kappa shape index (κ2) is 11.0. The molecule has 0 aliphatic carbocycles. The second-order valence-electron chi connectivity index (χ2n) is 9.50. The molecule has 1 unspecified atom stereocenters. The van der Waals surface area contributed by atoms with Gasteiger partial charge in [-0.3, -0.25) is 10.1 Å². The van der Waals surface area contributed by atoms with Crippen LogP contribution in [0.2, 0.25) is 0 Å². The Morgan fingerprint density at radius 3 is 2.08 bits per heavy atom. The van der Waals surface area contributed by atoms with Gasteiger partial charge in [-0.2, -0.15) is 0 Å². The van der Waals surface area contributed by atoms with E-state index < -0.39 is 27.3 Å². The van der Waals surface area contributed by atoms with E-state index in [-0.39, 0.29) is 26.9 Å². The zero-order chi connectivity index (χ0) is 28.2. The Kier molecular flexibility index (Phi) is 7.73. The van der Waals surface area contributed by atoms with Crippen molar-refractivity contribution in [1.29, 1.82) is 4.78 Å². The van der Waals surface area contributed by atoms with Crippen molar-refractivity contribution in [3.05, 3.63) is 96.8 Å². The van der Waals surface area contributed by atoms with E-state index in [2.05, 4.69) is 20.6 Å². The summed E-state index contributed by atoms with van der Waals surface area (Å²) in [5, 5.41) is 5.43. The summed E-state index contributed by atoms with van der Waals surface area (Å²) < 4.78 is 40.1. The van der Waals surface area contributed by atoms with Gasteiger partial charge in [-0.05, 0) is 80.4 Å². The van der Waals surface area contributed by atoms with Gasteiger partial charge >= 0.3 is 6.09 Å². The lowest BCUT2D eigenvalue weighted by molar-refractivity contribution is 0.0635. The Morgan fingerprint density at radius 2 is 1.46 bits per heavy atom. The molecule has 1 aromatic heterocycles. The van der Waals surface area contributed by atoms with Crippen LogP contribution in [0.3, 0.4) is 0 Å². The molecule has 4 aromatic rings. The maximum atomic E-state index is 13.4. The number of halogens is 1. The Hall–Kier alpha value is -4.64. The maximum Gasteiger partial charge on any atom is 0.412 e. The Labute approximate surface area is 225 Å². The number of benzene rings is 3. The molecule has 1 atom stereocenters. The molecule has 9 nitrogen and oxygen atoms in total. The summed E-state index contributed by atoms with van der Waals surface area (Å²) in [6, 6.07) is 16.6. The zero-order valence-electron chi connectivity index (χ0n) is 21.4. The molecule has 11 heteroatoms. The van der Waals surface area contributed by atoms with Gasteiger partial charge in [0.1, 0.15) is 27.5 Å². The van der Waals surface area contributed by atoms with Crippen molar-refractivity contribution < 1.29 is 22.9 Å². The highest BCUT2D eigenvalue weighted by Crippen LogP contribution is 2.30. The standard InChI is InChI=1S/C28H26FN5O4S/c1-28(2,3)38-27(36)34-24-13-8-20(18-4-9-21(29)10-5-18)14-25(24)33-26(35)19-6-11-22(12-7-19)39(30,37)23-15-31-17-32-16-23/h4-17,30H,1-3H3,(H,33,35)(H,34,36). The highest BCUT2D eigenvalue weighted by Gasteiger charge is 2.19. The fraction of sp³-hybridized carbons (Fsp3) is 0.143. The average molecular weight is 548 g/mol. The molecule has 3 aromatic carbocycles. The van der Waals surface area contributed by atoms with Gasteiger partial charge in [-0.1, -0.05) is 18.2 Å². The molecule has 3 N–H and O–H groups in total. The predicted molar refractivity (Wildman–Crippen MR) is 146 cm³/mol. The van der Waals surface area contributed by atoms with Crippen molar-refractivity contribution in [2.45, 2.75) is 36.2 Å². The summed E-state index contributed by atoms with van der Waals surface area (Å²) in [6.07, 6.45) is 3.21. The normalized spacial score (nSPS) is 12.7. The fourth-order valence-electron chi connectivity index (χ4n) is 3.55.